The van der Waals surface area contributed by atoms with E-state index in [4.69, 9.17) is 0 Å². The summed E-state index contributed by atoms with van der Waals surface area (Å²) in [6.45, 7) is 0. The first-order chi connectivity index (χ1) is 4.40. The van der Waals surface area contributed by atoms with Crippen molar-refractivity contribution < 1.29 is 4.79 Å². The minimum Gasteiger partial charge on any atom is -0.302 e. The van der Waals surface area contributed by atoms with Gasteiger partial charge >= 0.3 is 0 Å². The molecule has 2 bridgehead atoms. The zero-order valence-electron chi connectivity index (χ0n) is 4.99. The molecule has 2 rings (SSSR count). The van der Waals surface area contributed by atoms with Crippen molar-refractivity contribution in [2.45, 2.75) is 16.9 Å². The zero-order valence-corrected chi connectivity index (χ0v) is 5.80. The molecule has 1 fully saturated rings. The Bertz CT molecular complexity index is 164. The molecule has 48 valence electrons. The largest absolute Gasteiger partial charge is 0.302 e. The highest BCUT2D eigenvalue weighted by molar-refractivity contribution is 8.01. The topological polar surface area (TPSA) is 17.1 Å². The predicted octanol–water partition coefficient (Wildman–Crippen LogP) is 1.25. The van der Waals surface area contributed by atoms with Crippen LogP contribution in [0.2, 0.25) is 0 Å². The summed E-state index contributed by atoms with van der Waals surface area (Å²) in [6, 6.07) is 0. The van der Waals surface area contributed by atoms with Crippen molar-refractivity contribution in [1.29, 1.82) is 0 Å². The van der Waals surface area contributed by atoms with Crippen LogP contribution in [-0.4, -0.2) is 16.8 Å². The molecule has 0 unspecified atom stereocenters. The molecule has 2 aliphatic rings. The van der Waals surface area contributed by atoms with Gasteiger partial charge in [0.2, 0.25) is 0 Å². The van der Waals surface area contributed by atoms with Crippen LogP contribution >= 0.6 is 11.8 Å². The molecule has 0 radical (unpaired) electrons. The van der Waals surface area contributed by atoms with Crippen LogP contribution in [0.3, 0.4) is 0 Å². The molecule has 0 amide bonds. The molecule has 3 atom stereocenters. The smallest absolute Gasteiger partial charge is 0.133 e. The molecule has 2 heteroatoms. The van der Waals surface area contributed by atoms with Gasteiger partial charge in [-0.3, -0.25) is 0 Å². The highest BCUT2D eigenvalue weighted by atomic mass is 32.2. The minimum absolute atomic E-state index is 0.278. The van der Waals surface area contributed by atoms with Crippen molar-refractivity contribution in [2.75, 3.05) is 0 Å². The molecule has 0 aromatic heterocycles. The Morgan fingerprint density at radius 2 is 2.44 bits per heavy atom. The maximum absolute atomic E-state index is 10.3. The van der Waals surface area contributed by atoms with E-state index in [-0.39, 0.29) is 5.25 Å². The van der Waals surface area contributed by atoms with Gasteiger partial charge in [-0.1, -0.05) is 12.2 Å². The van der Waals surface area contributed by atoms with Gasteiger partial charge in [0, 0.05) is 5.25 Å². The predicted molar refractivity (Wildman–Crippen MR) is 38.5 cm³/mol. The third kappa shape index (κ3) is 0.732. The van der Waals surface area contributed by atoms with Crippen LogP contribution in [0.1, 0.15) is 6.42 Å². The molecule has 0 aromatic carbocycles. The number of carbonyl (C=O) groups is 1. The molecule has 1 aliphatic carbocycles. The fraction of sp³-hybridized carbons (Fsp3) is 0.571. The number of thioether (sulfide) groups is 1. The number of rotatable bonds is 1. The lowest BCUT2D eigenvalue weighted by molar-refractivity contribution is -0.107. The summed E-state index contributed by atoms with van der Waals surface area (Å²) in [5.41, 5.74) is 0. The van der Waals surface area contributed by atoms with Crippen LogP contribution in [0.4, 0.5) is 0 Å². The van der Waals surface area contributed by atoms with Crippen molar-refractivity contribution in [2.24, 2.45) is 5.92 Å². The molecule has 0 aromatic rings. The summed E-state index contributed by atoms with van der Waals surface area (Å²) in [5.74, 6) is 0.567. The molecule has 0 saturated carbocycles. The summed E-state index contributed by atoms with van der Waals surface area (Å²) in [7, 11) is 0. The summed E-state index contributed by atoms with van der Waals surface area (Å²) >= 11 is 1.81. The Labute approximate surface area is 58.5 Å². The lowest BCUT2D eigenvalue weighted by Crippen LogP contribution is -2.10. The number of carbonyl (C=O) groups excluding carboxylic acids is 1. The SMILES string of the molecule is O=C[C@H]1S[C@H]2C=C[C@@H]1C2. The fourth-order valence-corrected chi connectivity index (χ4v) is 2.86. The maximum atomic E-state index is 10.3. The molecule has 1 nitrogen and oxygen atoms in total. The third-order valence-electron chi connectivity index (χ3n) is 1.97. The number of allylic oxidation sites excluding steroid dienone is 1. The van der Waals surface area contributed by atoms with E-state index in [1.807, 2.05) is 0 Å². The van der Waals surface area contributed by atoms with Gasteiger partial charge in [0.15, 0.2) is 0 Å². The molecule has 9 heavy (non-hydrogen) atoms. The van der Waals surface area contributed by atoms with Crippen molar-refractivity contribution in [1.82, 2.24) is 0 Å². The maximum Gasteiger partial charge on any atom is 0.133 e. The molecule has 1 saturated heterocycles. The first kappa shape index (κ1) is 5.54. The van der Waals surface area contributed by atoms with Gasteiger partial charge in [0.05, 0.1) is 5.25 Å². The van der Waals surface area contributed by atoms with Gasteiger partial charge in [0.1, 0.15) is 6.29 Å². The van der Waals surface area contributed by atoms with E-state index in [0.29, 0.717) is 11.2 Å². The Morgan fingerprint density at radius 3 is 2.78 bits per heavy atom. The van der Waals surface area contributed by atoms with Gasteiger partial charge < -0.3 is 4.79 Å². The molecule has 1 heterocycles. The van der Waals surface area contributed by atoms with Crippen LogP contribution in [0, 0.1) is 5.92 Å². The first-order valence-electron chi connectivity index (χ1n) is 3.19. The first-order valence-corrected chi connectivity index (χ1v) is 4.13. The highest BCUT2D eigenvalue weighted by Crippen LogP contribution is 2.43. The van der Waals surface area contributed by atoms with Crippen molar-refractivity contribution in [3.8, 4) is 0 Å². The Kier molecular flexibility index (Phi) is 1.15. The number of aldehydes is 1. The minimum atomic E-state index is 0.278. The van der Waals surface area contributed by atoms with Gasteiger partial charge in [-0.25, -0.2) is 0 Å². The summed E-state index contributed by atoms with van der Waals surface area (Å²) in [5, 5.41) is 0.935. The van der Waals surface area contributed by atoms with Crippen LogP contribution in [0.15, 0.2) is 12.2 Å². The van der Waals surface area contributed by atoms with E-state index in [1.54, 1.807) is 11.8 Å². The van der Waals surface area contributed by atoms with Gasteiger partial charge in [0.25, 0.3) is 0 Å². The van der Waals surface area contributed by atoms with Crippen LogP contribution in [-0.2, 0) is 4.79 Å². The van der Waals surface area contributed by atoms with Gasteiger partial charge in [-0.2, -0.15) is 0 Å². The number of fused-ring (bicyclic) bond motifs is 2. The normalized spacial score (nSPS) is 46.0. The molecule has 0 N–H and O–H groups in total. The lowest BCUT2D eigenvalue weighted by atomic mass is 10.1. The third-order valence-corrected chi connectivity index (χ3v) is 3.44. The molecule has 0 spiro atoms. The average Bonchev–Trinajstić information content (AvgIpc) is 2.45. The Morgan fingerprint density at radius 1 is 1.56 bits per heavy atom. The van der Waals surface area contributed by atoms with E-state index in [0.717, 1.165) is 6.29 Å². The van der Waals surface area contributed by atoms with Crippen molar-refractivity contribution >= 4 is 18.0 Å². The second-order valence-corrected chi connectivity index (χ2v) is 3.98. The molecule has 1 aliphatic heterocycles. The van der Waals surface area contributed by atoms with Gasteiger partial charge in [-0.15, -0.1) is 11.8 Å². The second-order valence-electron chi connectivity index (χ2n) is 2.56. The summed E-state index contributed by atoms with van der Waals surface area (Å²) in [4.78, 5) is 10.3. The van der Waals surface area contributed by atoms with Crippen molar-refractivity contribution in [3.63, 3.8) is 0 Å². The van der Waals surface area contributed by atoms with Gasteiger partial charge in [-0.05, 0) is 12.3 Å². The summed E-state index contributed by atoms with van der Waals surface area (Å²) < 4.78 is 0. The average molecular weight is 140 g/mol. The van der Waals surface area contributed by atoms with Crippen LogP contribution < -0.4 is 0 Å². The standard InChI is InChI=1S/C7H8OS/c8-4-7-5-1-2-6(3-5)9-7/h1-2,4-7H,3H2/t5-,6+,7-/m1/s1. The molecular formula is C7H8OS. The Balaban J connectivity index is 2.19. The molecular weight excluding hydrogens is 132 g/mol. The van der Waals surface area contributed by atoms with E-state index in [2.05, 4.69) is 12.2 Å². The van der Waals surface area contributed by atoms with E-state index in [9.17, 15) is 4.79 Å². The Hall–Kier alpha value is -0.240. The monoisotopic (exact) mass is 140 g/mol. The van der Waals surface area contributed by atoms with Crippen molar-refractivity contribution in [3.05, 3.63) is 12.2 Å². The van der Waals surface area contributed by atoms with E-state index < -0.39 is 0 Å². The second kappa shape index (κ2) is 1.87. The van der Waals surface area contributed by atoms with E-state index in [1.165, 1.54) is 6.42 Å². The zero-order chi connectivity index (χ0) is 6.27. The van der Waals surface area contributed by atoms with E-state index >= 15 is 0 Å². The number of hydrogen-bond donors (Lipinski definition) is 0. The number of hydrogen-bond acceptors (Lipinski definition) is 2. The fourth-order valence-electron chi connectivity index (χ4n) is 1.47. The summed E-state index contributed by atoms with van der Waals surface area (Å²) in [6.07, 6.45) is 6.68. The van der Waals surface area contributed by atoms with Crippen LogP contribution in [0.25, 0.3) is 0 Å². The van der Waals surface area contributed by atoms with Crippen LogP contribution in [0.5, 0.6) is 0 Å². The lowest BCUT2D eigenvalue weighted by Gasteiger charge is -2.08. The quantitative estimate of drug-likeness (QED) is 0.402. The highest BCUT2D eigenvalue weighted by Gasteiger charge is 2.35.